The predicted octanol–water partition coefficient (Wildman–Crippen LogP) is 20.1. The van der Waals surface area contributed by atoms with Gasteiger partial charge in [0.2, 0.25) is 0 Å². The summed E-state index contributed by atoms with van der Waals surface area (Å²) in [6, 6.07) is 107. The maximum Gasteiger partial charge on any atom is 0.488 e. The third-order valence-electron chi connectivity index (χ3n) is 19.0. The standard InChI is InChI=1S/C43H26N2O2.C25H14BrNO2.C18H14BNO2/c46-43-37-26-41-36(25-33(37)32-16-8-10-18-42(32)47-43)35-24-28(20-22-40(35)45(41)30-13-5-2-6-14-30)27-19-21-39-34(23-27)31-15-7-9-17-38(31)44(39)29-11-3-1-4-12-29;26-15-10-11-22-19(12-15)20-13-18-17-8-4-5-9-24(17)29-25(28)21(18)14-23(20)27(22)16-6-2-1-3-7-16;21-19(22)13-10-11-18-16(12-13)15-8-4-5-9-17(15)20(18)14-6-2-1-3-7-14/h1-26H;1-14H;1-12,21-22H. The van der Waals surface area contributed by atoms with Crippen LogP contribution in [0, 0.1) is 0 Å². The van der Waals surface area contributed by atoms with Crippen LogP contribution in [0.25, 0.3) is 165 Å². The Morgan fingerprint density at radius 2 is 0.571 bits per heavy atom. The number of hydrogen-bond donors (Lipinski definition) is 2. The number of rotatable bonds is 6. The van der Waals surface area contributed by atoms with Gasteiger partial charge in [0, 0.05) is 91.9 Å². The van der Waals surface area contributed by atoms with E-state index in [4.69, 9.17) is 8.83 Å². The molecule has 0 fully saturated rings. The van der Waals surface area contributed by atoms with E-state index >= 15 is 0 Å². The third kappa shape index (κ3) is 9.63. The lowest BCUT2D eigenvalue weighted by Gasteiger charge is -2.09. The van der Waals surface area contributed by atoms with Gasteiger partial charge in [-0.1, -0.05) is 186 Å². The van der Waals surface area contributed by atoms with Crippen molar-refractivity contribution in [3.8, 4) is 33.9 Å². The molecule has 0 saturated heterocycles. The number of hydrogen-bond acceptors (Lipinski definition) is 6. The van der Waals surface area contributed by atoms with Crippen LogP contribution in [0.15, 0.2) is 338 Å². The van der Waals surface area contributed by atoms with Crippen molar-refractivity contribution in [1.29, 1.82) is 0 Å². The summed E-state index contributed by atoms with van der Waals surface area (Å²) in [7, 11) is -1.46. The van der Waals surface area contributed by atoms with Crippen molar-refractivity contribution < 1.29 is 18.9 Å². The Balaban J connectivity index is 0.000000116. The molecule has 98 heavy (non-hydrogen) atoms. The molecule has 0 radical (unpaired) electrons. The highest BCUT2D eigenvalue weighted by Crippen LogP contribution is 2.42. The molecule has 6 aromatic heterocycles. The van der Waals surface area contributed by atoms with Crippen LogP contribution in [0.3, 0.4) is 0 Å². The summed E-state index contributed by atoms with van der Waals surface area (Å²) in [6.07, 6.45) is 0. The van der Waals surface area contributed by atoms with E-state index in [2.05, 4.69) is 198 Å². The van der Waals surface area contributed by atoms with Crippen LogP contribution in [0.1, 0.15) is 0 Å². The zero-order valence-electron chi connectivity index (χ0n) is 52.3. The van der Waals surface area contributed by atoms with E-state index in [0.717, 1.165) is 125 Å². The fraction of sp³-hybridized carbons (Fsp3) is 0. The fourth-order valence-corrected chi connectivity index (χ4v) is 15.0. The molecule has 14 aromatic carbocycles. The molecule has 20 aromatic rings. The monoisotopic (exact) mass is 1330 g/mol. The summed E-state index contributed by atoms with van der Waals surface area (Å²) in [5.74, 6) is 0. The van der Waals surface area contributed by atoms with Crippen LogP contribution in [0.4, 0.5) is 0 Å². The van der Waals surface area contributed by atoms with Crippen molar-refractivity contribution in [1.82, 2.24) is 18.3 Å². The van der Waals surface area contributed by atoms with E-state index in [0.29, 0.717) is 27.4 Å². The Labute approximate surface area is 567 Å². The van der Waals surface area contributed by atoms with Gasteiger partial charge in [0.1, 0.15) is 11.2 Å². The van der Waals surface area contributed by atoms with E-state index in [1.807, 2.05) is 146 Å². The number of fused-ring (bicyclic) bond motifs is 18. The topological polar surface area (TPSA) is 121 Å². The first kappa shape index (κ1) is 58.3. The molecule has 0 unspecified atom stereocenters. The first-order chi connectivity index (χ1) is 48.2. The molecule has 0 spiro atoms. The largest absolute Gasteiger partial charge is 0.488 e. The van der Waals surface area contributed by atoms with Crippen LogP contribution >= 0.6 is 15.9 Å². The highest BCUT2D eigenvalue weighted by Gasteiger charge is 2.22. The average molecular weight is 1330 g/mol. The molecular formula is C86H54BBrN4O6. The highest BCUT2D eigenvalue weighted by atomic mass is 79.9. The molecule has 20 rings (SSSR count). The van der Waals surface area contributed by atoms with Gasteiger partial charge in [-0.25, -0.2) is 9.59 Å². The Morgan fingerprint density at radius 3 is 1.00 bits per heavy atom. The van der Waals surface area contributed by atoms with Gasteiger partial charge in [-0.15, -0.1) is 0 Å². The highest BCUT2D eigenvalue weighted by molar-refractivity contribution is 9.10. The van der Waals surface area contributed by atoms with Gasteiger partial charge >= 0.3 is 18.4 Å². The van der Waals surface area contributed by atoms with Gasteiger partial charge in [-0.2, -0.15) is 0 Å². The van der Waals surface area contributed by atoms with E-state index < -0.39 is 7.12 Å². The second-order valence-corrected chi connectivity index (χ2v) is 25.5. The minimum atomic E-state index is -1.46. The van der Waals surface area contributed by atoms with Crippen LogP contribution in [-0.2, 0) is 0 Å². The summed E-state index contributed by atoms with van der Waals surface area (Å²) >= 11 is 3.61. The Bertz CT molecular complexity index is 6720. The molecule has 2 N–H and O–H groups in total. The molecule has 0 saturated carbocycles. The quantitative estimate of drug-likeness (QED) is 0.0972. The van der Waals surface area contributed by atoms with Gasteiger partial charge in [-0.3, -0.25) is 0 Å². The molecule has 10 nitrogen and oxygen atoms in total. The van der Waals surface area contributed by atoms with Crippen molar-refractivity contribution in [3.63, 3.8) is 0 Å². The van der Waals surface area contributed by atoms with E-state index in [1.165, 1.54) is 21.8 Å². The summed E-state index contributed by atoms with van der Waals surface area (Å²) < 4.78 is 21.3. The van der Waals surface area contributed by atoms with Crippen LogP contribution in [-0.4, -0.2) is 35.4 Å². The molecule has 0 aliphatic carbocycles. The zero-order valence-corrected chi connectivity index (χ0v) is 53.9. The Hall–Kier alpha value is -12.3. The Morgan fingerprint density at radius 1 is 0.255 bits per heavy atom. The summed E-state index contributed by atoms with van der Waals surface area (Å²) in [6.45, 7) is 0. The number of para-hydroxylation sites is 8. The molecule has 0 aliphatic heterocycles. The lowest BCUT2D eigenvalue weighted by atomic mass is 9.80. The second kappa shape index (κ2) is 23.6. The van der Waals surface area contributed by atoms with Crippen molar-refractivity contribution in [2.45, 2.75) is 0 Å². The van der Waals surface area contributed by atoms with Crippen LogP contribution in [0.5, 0.6) is 0 Å². The minimum absolute atomic E-state index is 0.313. The van der Waals surface area contributed by atoms with Crippen LogP contribution in [0.2, 0.25) is 0 Å². The van der Waals surface area contributed by atoms with Gasteiger partial charge < -0.3 is 37.2 Å². The maximum atomic E-state index is 13.3. The first-order valence-electron chi connectivity index (χ1n) is 32.4. The van der Waals surface area contributed by atoms with Crippen molar-refractivity contribution in [2.24, 2.45) is 0 Å². The molecule has 0 bridgehead atoms. The molecule has 464 valence electrons. The molecule has 12 heteroatoms. The molecule has 0 atom stereocenters. The zero-order chi connectivity index (χ0) is 65.7. The smallest absolute Gasteiger partial charge is 0.423 e. The number of benzene rings is 14. The second-order valence-electron chi connectivity index (χ2n) is 24.6. The SMILES string of the molecule is O=c1oc2ccccc2c2cc3c4cc(-c5ccc6c(c5)c5ccccc5n6-c5ccccc5)ccc4n(-c4ccccc4)c3cc12.O=c1oc2ccccc2c2cc3c4cc(Br)ccc4n(-c4ccccc4)c3cc12.OB(O)c1ccc2c(c1)c1ccccc1n2-c1ccccc1. The van der Waals surface area contributed by atoms with Gasteiger partial charge in [0.05, 0.1) is 54.9 Å². The maximum absolute atomic E-state index is 13.3. The molecular weight excluding hydrogens is 1280 g/mol. The molecule has 6 heterocycles. The van der Waals surface area contributed by atoms with Gasteiger partial charge in [0.25, 0.3) is 0 Å². The lowest BCUT2D eigenvalue weighted by Crippen LogP contribution is -2.29. The van der Waals surface area contributed by atoms with Crippen molar-refractivity contribution in [2.75, 3.05) is 0 Å². The number of halogens is 1. The normalized spacial score (nSPS) is 11.7. The molecule has 0 aliphatic rings. The summed E-state index contributed by atoms with van der Waals surface area (Å²) in [4.78, 5) is 26.0. The minimum Gasteiger partial charge on any atom is -0.423 e. The predicted molar refractivity (Wildman–Crippen MR) is 407 cm³/mol. The summed E-state index contributed by atoms with van der Waals surface area (Å²) in [5.41, 5.74) is 16.4. The van der Waals surface area contributed by atoms with Crippen LogP contribution < -0.4 is 16.7 Å². The summed E-state index contributed by atoms with van der Waals surface area (Å²) in [5, 5.41) is 32.8. The Kier molecular flexibility index (Phi) is 14.0. The fourth-order valence-electron chi connectivity index (χ4n) is 14.7. The van der Waals surface area contributed by atoms with Crippen molar-refractivity contribution >= 4 is 159 Å². The van der Waals surface area contributed by atoms with E-state index in [-0.39, 0.29) is 11.3 Å². The number of nitrogens with zero attached hydrogens (tertiary/aromatic N) is 4. The molecule has 0 amide bonds. The van der Waals surface area contributed by atoms with Gasteiger partial charge in [0.15, 0.2) is 0 Å². The van der Waals surface area contributed by atoms with Crippen molar-refractivity contribution in [3.05, 3.63) is 341 Å². The lowest BCUT2D eigenvalue weighted by molar-refractivity contribution is 0.426. The average Bonchev–Trinajstić information content (AvgIpc) is 1.54. The number of aromatic nitrogens is 4. The van der Waals surface area contributed by atoms with E-state index in [9.17, 15) is 19.6 Å². The third-order valence-corrected chi connectivity index (χ3v) is 19.5. The first-order valence-corrected chi connectivity index (χ1v) is 33.2. The van der Waals surface area contributed by atoms with Gasteiger partial charge in [-0.05, 0) is 162 Å². The van der Waals surface area contributed by atoms with E-state index in [1.54, 1.807) is 6.07 Å².